The average molecular weight is 704 g/mol. The molecule has 0 saturated carbocycles. The van der Waals surface area contributed by atoms with Crippen molar-refractivity contribution in [3.63, 3.8) is 0 Å². The Kier molecular flexibility index (Phi) is 13.2. The van der Waals surface area contributed by atoms with Crippen molar-refractivity contribution in [3.8, 4) is 5.75 Å². The maximum atomic E-state index is 14.1. The van der Waals surface area contributed by atoms with E-state index >= 15 is 0 Å². The molecular weight excluding hydrogens is 663 g/mol. The fourth-order valence-electron chi connectivity index (χ4n) is 5.40. The average Bonchev–Trinajstić information content (AvgIpc) is 3.09. The summed E-state index contributed by atoms with van der Waals surface area (Å²) in [5.41, 5.74) is 24.5. The molecule has 2 amide bonds. The number of ether oxygens (including phenoxy) is 1. The van der Waals surface area contributed by atoms with E-state index in [0.717, 1.165) is 11.1 Å². The molecule has 2 atom stereocenters. The molecule has 0 unspecified atom stereocenters. The Balaban J connectivity index is 1.51. The number of ketones is 1. The number of nitrogens with one attached hydrogen (secondary N) is 1. The highest BCUT2D eigenvalue weighted by Gasteiger charge is 2.43. The third kappa shape index (κ3) is 10.3. The minimum absolute atomic E-state index is 0.0482. The second-order valence-electron chi connectivity index (χ2n) is 11.6. The van der Waals surface area contributed by atoms with Gasteiger partial charge in [-0.2, -0.15) is 0 Å². The van der Waals surface area contributed by atoms with Gasteiger partial charge >= 0.3 is 0 Å². The number of aliphatic imine (C=N–C) groups is 1. The number of guanidine groups is 1. The first-order valence-electron chi connectivity index (χ1n) is 15.7. The van der Waals surface area contributed by atoms with Gasteiger partial charge in [-0.3, -0.25) is 19.4 Å². The highest BCUT2D eigenvalue weighted by Crippen LogP contribution is 2.31. The molecule has 256 valence electrons. The second kappa shape index (κ2) is 17.5. The van der Waals surface area contributed by atoms with Crippen molar-refractivity contribution in [2.75, 3.05) is 6.54 Å². The van der Waals surface area contributed by atoms with Crippen LogP contribution in [0.4, 0.5) is 0 Å². The van der Waals surface area contributed by atoms with E-state index in [0.29, 0.717) is 26.9 Å². The summed E-state index contributed by atoms with van der Waals surface area (Å²) in [5, 5.41) is 3.64. The lowest BCUT2D eigenvalue weighted by Gasteiger charge is -2.30. The normalized spacial score (nSPS) is 12.8. The lowest BCUT2D eigenvalue weighted by molar-refractivity contribution is -0.138. The number of halogens is 2. The van der Waals surface area contributed by atoms with Crippen molar-refractivity contribution >= 4 is 46.8 Å². The molecule has 0 radical (unpaired) electrons. The van der Waals surface area contributed by atoms with Crippen molar-refractivity contribution in [2.45, 2.75) is 49.8 Å². The lowest BCUT2D eigenvalue weighted by Crippen LogP contribution is -2.63. The molecule has 4 aromatic carbocycles. The van der Waals surface area contributed by atoms with Crippen LogP contribution in [0.5, 0.6) is 5.75 Å². The molecule has 0 aliphatic rings. The molecule has 10 nitrogen and oxygen atoms in total. The largest absolute Gasteiger partial charge is 0.489 e. The number of primary amides is 1. The maximum absolute atomic E-state index is 14.1. The van der Waals surface area contributed by atoms with E-state index in [1.165, 1.54) is 0 Å². The number of nitrogens with two attached hydrogens (primary N) is 4. The summed E-state index contributed by atoms with van der Waals surface area (Å²) in [7, 11) is 0. The van der Waals surface area contributed by atoms with Crippen LogP contribution in [0, 0.1) is 0 Å². The summed E-state index contributed by atoms with van der Waals surface area (Å²) in [5.74, 6) is -2.06. The molecule has 4 aromatic rings. The third-order valence-corrected chi connectivity index (χ3v) is 8.88. The molecule has 9 N–H and O–H groups in total. The van der Waals surface area contributed by atoms with Gasteiger partial charge in [0.25, 0.3) is 0 Å². The van der Waals surface area contributed by atoms with Gasteiger partial charge in [0.2, 0.25) is 11.8 Å². The SMILES string of the molecule is NC(=O)[C@H](Cc1ccc(OCc2c(Cl)cccc2Cl)cc1)NC(=O)[C@](N)(CCCN=C(N)N)C(=O)CC(c1ccccc1)c1ccccc1. The highest BCUT2D eigenvalue weighted by molar-refractivity contribution is 6.35. The standard InChI is InChI=1S/C37H40Cl2N6O4/c38-30-13-7-14-31(39)29(30)23-49-27-17-15-24(16-18-27)21-32(34(40)47)45-35(48)37(43,19-8-20-44-36(41)42)33(46)22-28(25-9-3-1-4-10-25)26-11-5-2-6-12-26/h1-7,9-18,28,32H,8,19-23,43H2,(H2,40,47)(H,45,48)(H4,41,42,44)/t32-,37-/m0/s1. The van der Waals surface area contributed by atoms with Crippen molar-refractivity contribution in [1.29, 1.82) is 0 Å². The van der Waals surface area contributed by atoms with Gasteiger partial charge in [-0.05, 0) is 53.8 Å². The monoisotopic (exact) mass is 702 g/mol. The van der Waals surface area contributed by atoms with E-state index in [1.807, 2.05) is 60.7 Å². The number of amides is 2. The van der Waals surface area contributed by atoms with E-state index in [-0.39, 0.29) is 50.7 Å². The summed E-state index contributed by atoms with van der Waals surface area (Å²) in [6, 6.07) is 30.0. The first-order chi connectivity index (χ1) is 23.5. The van der Waals surface area contributed by atoms with E-state index in [4.69, 9.17) is 50.9 Å². The summed E-state index contributed by atoms with van der Waals surface area (Å²) in [6.07, 6.45) is 0.143. The third-order valence-electron chi connectivity index (χ3n) is 8.18. The molecule has 0 heterocycles. The number of Topliss-reactive ketones (excluding diaryl/α,β-unsaturated/α-hetero) is 1. The van der Waals surface area contributed by atoms with Crippen LogP contribution >= 0.6 is 23.2 Å². The van der Waals surface area contributed by atoms with Gasteiger partial charge in [-0.1, -0.05) is 102 Å². The lowest BCUT2D eigenvalue weighted by atomic mass is 9.79. The zero-order valence-electron chi connectivity index (χ0n) is 26.9. The number of rotatable bonds is 17. The van der Waals surface area contributed by atoms with Gasteiger partial charge < -0.3 is 33.0 Å². The van der Waals surface area contributed by atoms with Gasteiger partial charge in [-0.25, -0.2) is 0 Å². The molecule has 0 saturated heterocycles. The summed E-state index contributed by atoms with van der Waals surface area (Å²) < 4.78 is 5.84. The molecule has 12 heteroatoms. The van der Waals surface area contributed by atoms with E-state index < -0.39 is 29.2 Å². The van der Waals surface area contributed by atoms with Crippen LogP contribution in [-0.4, -0.2) is 41.7 Å². The summed E-state index contributed by atoms with van der Waals surface area (Å²) in [6.45, 7) is 0.308. The van der Waals surface area contributed by atoms with Gasteiger partial charge in [0.15, 0.2) is 17.3 Å². The molecule has 0 aromatic heterocycles. The number of hydrogen-bond donors (Lipinski definition) is 5. The zero-order chi connectivity index (χ0) is 35.4. The Labute approximate surface area is 295 Å². The van der Waals surface area contributed by atoms with Crippen LogP contribution in [-0.2, 0) is 27.4 Å². The summed E-state index contributed by atoms with van der Waals surface area (Å²) in [4.78, 5) is 44.6. The smallest absolute Gasteiger partial charge is 0.248 e. The fraction of sp³-hybridized carbons (Fsp3) is 0.243. The number of carbonyl (C=O) groups is 3. The predicted molar refractivity (Wildman–Crippen MR) is 193 cm³/mol. The minimum Gasteiger partial charge on any atom is -0.489 e. The van der Waals surface area contributed by atoms with Crippen molar-refractivity contribution in [2.24, 2.45) is 27.9 Å². The van der Waals surface area contributed by atoms with Crippen LogP contribution in [0.15, 0.2) is 108 Å². The molecule has 0 bridgehead atoms. The van der Waals surface area contributed by atoms with Crippen LogP contribution in [0.1, 0.15) is 47.4 Å². The van der Waals surface area contributed by atoms with Crippen LogP contribution < -0.4 is 33.0 Å². The van der Waals surface area contributed by atoms with Gasteiger partial charge in [0.1, 0.15) is 18.4 Å². The Morgan fingerprint density at radius 1 is 0.796 bits per heavy atom. The van der Waals surface area contributed by atoms with Crippen LogP contribution in [0.2, 0.25) is 10.0 Å². The fourth-order valence-corrected chi connectivity index (χ4v) is 5.91. The van der Waals surface area contributed by atoms with Crippen LogP contribution in [0.25, 0.3) is 0 Å². The Morgan fingerprint density at radius 2 is 1.37 bits per heavy atom. The zero-order valence-corrected chi connectivity index (χ0v) is 28.4. The van der Waals surface area contributed by atoms with Crippen molar-refractivity contribution < 1.29 is 19.1 Å². The Morgan fingerprint density at radius 3 is 1.90 bits per heavy atom. The maximum Gasteiger partial charge on any atom is 0.248 e. The molecule has 0 aliphatic carbocycles. The number of nitrogens with zero attached hydrogens (tertiary/aromatic N) is 1. The molecular formula is C37H40Cl2N6O4. The number of carbonyl (C=O) groups excluding carboxylic acids is 3. The quantitative estimate of drug-likeness (QED) is 0.0459. The van der Waals surface area contributed by atoms with Gasteiger partial charge in [0, 0.05) is 40.9 Å². The number of hydrogen-bond acceptors (Lipinski definition) is 6. The van der Waals surface area contributed by atoms with Gasteiger partial charge in [0.05, 0.1) is 0 Å². The minimum atomic E-state index is -2.01. The second-order valence-corrected chi connectivity index (χ2v) is 12.5. The molecule has 0 spiro atoms. The molecule has 4 rings (SSSR count). The topological polar surface area (TPSA) is 189 Å². The van der Waals surface area contributed by atoms with E-state index in [1.54, 1.807) is 42.5 Å². The highest BCUT2D eigenvalue weighted by atomic mass is 35.5. The van der Waals surface area contributed by atoms with Gasteiger partial charge in [-0.15, -0.1) is 0 Å². The number of benzene rings is 4. The molecule has 0 fully saturated rings. The van der Waals surface area contributed by atoms with E-state index in [9.17, 15) is 14.4 Å². The molecule has 49 heavy (non-hydrogen) atoms. The van der Waals surface area contributed by atoms with E-state index in [2.05, 4.69) is 10.3 Å². The Hall–Kier alpha value is -4.90. The first-order valence-corrected chi connectivity index (χ1v) is 16.5. The van der Waals surface area contributed by atoms with Crippen LogP contribution in [0.3, 0.4) is 0 Å². The Bertz CT molecular complexity index is 1690. The summed E-state index contributed by atoms with van der Waals surface area (Å²) >= 11 is 12.5. The van der Waals surface area contributed by atoms with Crippen molar-refractivity contribution in [1.82, 2.24) is 5.32 Å². The predicted octanol–water partition coefficient (Wildman–Crippen LogP) is 4.63. The molecule has 0 aliphatic heterocycles. The van der Waals surface area contributed by atoms with Crippen molar-refractivity contribution in [3.05, 3.63) is 135 Å². The first kappa shape index (κ1) is 36.9.